The van der Waals surface area contributed by atoms with Gasteiger partial charge in [-0.15, -0.1) is 0 Å². The van der Waals surface area contributed by atoms with Gasteiger partial charge in [0.2, 0.25) is 0 Å². The Balaban J connectivity index is 2.37. The summed E-state index contributed by atoms with van der Waals surface area (Å²) in [6.45, 7) is 8.71. The van der Waals surface area contributed by atoms with E-state index in [1.54, 1.807) is 0 Å². The summed E-state index contributed by atoms with van der Waals surface area (Å²) in [6, 6.07) is 1.17. The fraction of sp³-hybridized carbons (Fsp3) is 1.00. The second-order valence-corrected chi connectivity index (χ2v) is 5.67. The first-order valence-corrected chi connectivity index (χ1v) is 6.50. The molecule has 1 N–H and O–H groups in total. The topological polar surface area (TPSA) is 24.5 Å². The van der Waals surface area contributed by atoms with Gasteiger partial charge in [0.15, 0.2) is 0 Å². The normalized spacial score (nSPS) is 33.0. The maximum absolute atomic E-state index is 5.86. The average molecular weight is 228 g/mol. The van der Waals surface area contributed by atoms with Crippen LogP contribution < -0.4 is 5.32 Å². The Bertz CT molecular complexity index is 208. The molecule has 0 aromatic heterocycles. The van der Waals surface area contributed by atoms with Gasteiger partial charge in [-0.05, 0) is 47.2 Å². The van der Waals surface area contributed by atoms with Crippen LogP contribution in [0.5, 0.6) is 0 Å². The van der Waals surface area contributed by atoms with Crippen molar-refractivity contribution >= 4 is 0 Å². The predicted molar refractivity (Wildman–Crippen MR) is 68.8 cm³/mol. The lowest BCUT2D eigenvalue weighted by atomic mass is 9.89. The van der Waals surface area contributed by atoms with Gasteiger partial charge in [0.25, 0.3) is 0 Å². The molecular formula is C13H28N2O. The molecule has 1 aliphatic rings. The molecule has 0 saturated carbocycles. The van der Waals surface area contributed by atoms with E-state index in [4.69, 9.17) is 4.74 Å². The predicted octanol–water partition coefficient (Wildman–Crippen LogP) is 1.87. The number of ether oxygens (including phenoxy) is 1. The lowest BCUT2D eigenvalue weighted by Crippen LogP contribution is -2.49. The van der Waals surface area contributed by atoms with Gasteiger partial charge in [-0.3, -0.25) is 0 Å². The van der Waals surface area contributed by atoms with E-state index in [-0.39, 0.29) is 5.60 Å². The Kier molecular flexibility index (Phi) is 5.22. The zero-order valence-electron chi connectivity index (χ0n) is 11.5. The highest BCUT2D eigenvalue weighted by Gasteiger charge is 2.31. The van der Waals surface area contributed by atoms with Crippen LogP contribution >= 0.6 is 0 Å². The van der Waals surface area contributed by atoms with Crippen LogP contribution in [0.1, 0.15) is 40.0 Å². The Morgan fingerprint density at radius 3 is 2.75 bits per heavy atom. The Morgan fingerprint density at radius 2 is 2.19 bits per heavy atom. The van der Waals surface area contributed by atoms with E-state index in [1.807, 2.05) is 0 Å². The van der Waals surface area contributed by atoms with Gasteiger partial charge in [-0.2, -0.15) is 0 Å². The molecule has 96 valence electrons. The van der Waals surface area contributed by atoms with Gasteiger partial charge in [-0.25, -0.2) is 0 Å². The molecular weight excluding hydrogens is 200 g/mol. The molecule has 16 heavy (non-hydrogen) atoms. The SMILES string of the molecule is CCC1(C)CC(NC(C)CN(C)C)CCO1. The zero-order chi connectivity index (χ0) is 12.2. The molecule has 0 amide bonds. The van der Waals surface area contributed by atoms with Crippen LogP contribution in [-0.4, -0.2) is 49.8 Å². The van der Waals surface area contributed by atoms with Crippen LogP contribution in [0.3, 0.4) is 0 Å². The van der Waals surface area contributed by atoms with Crippen molar-refractivity contribution in [3.8, 4) is 0 Å². The largest absolute Gasteiger partial charge is 0.375 e. The molecule has 1 heterocycles. The van der Waals surface area contributed by atoms with E-state index in [0.29, 0.717) is 12.1 Å². The lowest BCUT2D eigenvalue weighted by Gasteiger charge is -2.39. The van der Waals surface area contributed by atoms with E-state index in [9.17, 15) is 0 Å². The highest BCUT2D eigenvalue weighted by Crippen LogP contribution is 2.27. The smallest absolute Gasteiger partial charge is 0.0666 e. The number of likely N-dealkylation sites (N-methyl/N-ethyl adjacent to an activating group) is 1. The zero-order valence-corrected chi connectivity index (χ0v) is 11.5. The van der Waals surface area contributed by atoms with Crippen molar-refractivity contribution in [1.82, 2.24) is 10.2 Å². The van der Waals surface area contributed by atoms with Crippen LogP contribution in [0, 0.1) is 0 Å². The molecule has 1 fully saturated rings. The Morgan fingerprint density at radius 1 is 1.50 bits per heavy atom. The summed E-state index contributed by atoms with van der Waals surface area (Å²) in [7, 11) is 4.25. The maximum Gasteiger partial charge on any atom is 0.0666 e. The van der Waals surface area contributed by atoms with Crippen molar-refractivity contribution in [3.63, 3.8) is 0 Å². The summed E-state index contributed by atoms with van der Waals surface area (Å²) >= 11 is 0. The third-order valence-electron chi connectivity index (χ3n) is 3.50. The van der Waals surface area contributed by atoms with Crippen molar-refractivity contribution in [2.24, 2.45) is 0 Å². The molecule has 0 bridgehead atoms. The summed E-state index contributed by atoms with van der Waals surface area (Å²) in [5.74, 6) is 0. The van der Waals surface area contributed by atoms with Crippen molar-refractivity contribution in [3.05, 3.63) is 0 Å². The number of nitrogens with one attached hydrogen (secondary N) is 1. The van der Waals surface area contributed by atoms with Gasteiger partial charge >= 0.3 is 0 Å². The summed E-state index contributed by atoms with van der Waals surface area (Å²) in [6.07, 6.45) is 3.39. The fourth-order valence-corrected chi connectivity index (χ4v) is 2.52. The van der Waals surface area contributed by atoms with E-state index in [2.05, 4.69) is 45.1 Å². The highest BCUT2D eigenvalue weighted by atomic mass is 16.5. The molecule has 1 aliphatic heterocycles. The summed E-state index contributed by atoms with van der Waals surface area (Å²) in [4.78, 5) is 2.23. The van der Waals surface area contributed by atoms with Gasteiger partial charge in [0.05, 0.1) is 5.60 Å². The quantitative estimate of drug-likeness (QED) is 0.777. The van der Waals surface area contributed by atoms with Crippen LogP contribution in [0.2, 0.25) is 0 Å². The first kappa shape index (κ1) is 13.9. The van der Waals surface area contributed by atoms with Crippen molar-refractivity contribution < 1.29 is 4.74 Å². The first-order valence-electron chi connectivity index (χ1n) is 6.50. The van der Waals surface area contributed by atoms with Crippen molar-refractivity contribution in [2.75, 3.05) is 27.2 Å². The highest BCUT2D eigenvalue weighted by molar-refractivity contribution is 4.86. The van der Waals surface area contributed by atoms with Crippen LogP contribution in [0.25, 0.3) is 0 Å². The number of hydrogen-bond donors (Lipinski definition) is 1. The van der Waals surface area contributed by atoms with Gasteiger partial charge in [0.1, 0.15) is 0 Å². The lowest BCUT2D eigenvalue weighted by molar-refractivity contribution is -0.0790. The molecule has 0 aliphatic carbocycles. The molecule has 1 rings (SSSR count). The molecule has 1 saturated heterocycles. The van der Waals surface area contributed by atoms with E-state index in [1.165, 1.54) is 0 Å². The number of rotatable bonds is 5. The molecule has 3 nitrogen and oxygen atoms in total. The molecule has 0 aromatic carbocycles. The standard InChI is InChI=1S/C13H28N2O/c1-6-13(3)9-12(7-8-16-13)14-11(2)10-15(4)5/h11-12,14H,6-10H2,1-5H3. The number of hydrogen-bond acceptors (Lipinski definition) is 3. The Hall–Kier alpha value is -0.120. The molecule has 3 atom stereocenters. The third kappa shape index (κ3) is 4.40. The van der Waals surface area contributed by atoms with E-state index < -0.39 is 0 Å². The number of nitrogens with zero attached hydrogens (tertiary/aromatic N) is 1. The van der Waals surface area contributed by atoms with Crippen molar-refractivity contribution in [1.29, 1.82) is 0 Å². The second kappa shape index (κ2) is 5.99. The van der Waals surface area contributed by atoms with E-state index >= 15 is 0 Å². The molecule has 0 aromatic rings. The summed E-state index contributed by atoms with van der Waals surface area (Å²) < 4.78 is 5.86. The van der Waals surface area contributed by atoms with E-state index in [0.717, 1.165) is 32.4 Å². The third-order valence-corrected chi connectivity index (χ3v) is 3.50. The second-order valence-electron chi connectivity index (χ2n) is 5.67. The van der Waals surface area contributed by atoms with Crippen LogP contribution in [0.15, 0.2) is 0 Å². The first-order chi connectivity index (χ1) is 7.45. The summed E-state index contributed by atoms with van der Waals surface area (Å²) in [5, 5.41) is 3.72. The van der Waals surface area contributed by atoms with Crippen LogP contribution in [-0.2, 0) is 4.74 Å². The monoisotopic (exact) mass is 228 g/mol. The average Bonchev–Trinajstić information content (AvgIpc) is 2.16. The minimum Gasteiger partial charge on any atom is -0.375 e. The van der Waals surface area contributed by atoms with Crippen LogP contribution in [0.4, 0.5) is 0 Å². The van der Waals surface area contributed by atoms with Gasteiger partial charge < -0.3 is 15.0 Å². The summed E-state index contributed by atoms with van der Waals surface area (Å²) in [5.41, 5.74) is 0.0910. The molecule has 0 spiro atoms. The van der Waals surface area contributed by atoms with Gasteiger partial charge in [0, 0.05) is 25.2 Å². The molecule has 3 unspecified atom stereocenters. The Labute approximate surface area is 101 Å². The van der Waals surface area contributed by atoms with Gasteiger partial charge in [-0.1, -0.05) is 6.92 Å². The fourth-order valence-electron chi connectivity index (χ4n) is 2.52. The molecule has 0 radical (unpaired) electrons. The van der Waals surface area contributed by atoms with Crippen molar-refractivity contribution in [2.45, 2.75) is 57.7 Å². The minimum atomic E-state index is 0.0910. The molecule has 3 heteroatoms. The maximum atomic E-state index is 5.86. The minimum absolute atomic E-state index is 0.0910.